The number of rotatable bonds is 6. The number of amides is 1. The fraction of sp³-hybridized carbons (Fsp3) is 0.0870. The third kappa shape index (κ3) is 4.72. The molecular weight excluding hydrogens is 416 g/mol. The Morgan fingerprint density at radius 3 is 2.30 bits per heavy atom. The maximum absolute atomic E-state index is 12.6. The molecule has 150 valence electrons. The van der Waals surface area contributed by atoms with Gasteiger partial charge < -0.3 is 10.3 Å². The molecule has 0 aliphatic carbocycles. The summed E-state index contributed by atoms with van der Waals surface area (Å²) in [5.74, 6) is 0.306. The molecule has 1 unspecified atom stereocenters. The zero-order valence-corrected chi connectivity index (χ0v) is 17.7. The van der Waals surface area contributed by atoms with Crippen molar-refractivity contribution in [2.24, 2.45) is 0 Å². The second kappa shape index (κ2) is 9.15. The van der Waals surface area contributed by atoms with Crippen LogP contribution in [-0.4, -0.2) is 26.1 Å². The van der Waals surface area contributed by atoms with Crippen LogP contribution in [0.1, 0.15) is 6.92 Å². The number of hydrogen-bond donors (Lipinski definition) is 2. The Morgan fingerprint density at radius 2 is 1.67 bits per heavy atom. The SMILES string of the molecule is CC(Sc1nc(-c2ccccc2)c(-c2ccccc2)[nH]1)C(=O)Nc1ccc(Cl)cn1. The molecule has 0 fully saturated rings. The van der Waals surface area contributed by atoms with Crippen LogP contribution in [0.5, 0.6) is 0 Å². The number of H-pyrrole nitrogens is 1. The topological polar surface area (TPSA) is 70.7 Å². The van der Waals surface area contributed by atoms with Crippen LogP contribution >= 0.6 is 23.4 Å². The quantitative estimate of drug-likeness (QED) is 0.370. The lowest BCUT2D eigenvalue weighted by Gasteiger charge is -2.09. The van der Waals surface area contributed by atoms with E-state index >= 15 is 0 Å². The molecule has 0 saturated heterocycles. The van der Waals surface area contributed by atoms with Gasteiger partial charge in [-0.15, -0.1) is 0 Å². The van der Waals surface area contributed by atoms with Crippen molar-refractivity contribution < 1.29 is 4.79 Å². The Bertz CT molecular complexity index is 1070. The minimum absolute atomic E-state index is 0.159. The van der Waals surface area contributed by atoms with E-state index in [1.807, 2.05) is 67.6 Å². The van der Waals surface area contributed by atoms with Crippen LogP contribution < -0.4 is 5.32 Å². The fourth-order valence-corrected chi connectivity index (χ4v) is 3.84. The minimum atomic E-state index is -0.374. The number of carbonyl (C=O) groups excluding carboxylic acids is 1. The molecule has 0 aliphatic heterocycles. The third-order valence-electron chi connectivity index (χ3n) is 4.43. The maximum atomic E-state index is 12.6. The molecule has 2 N–H and O–H groups in total. The number of nitrogens with one attached hydrogen (secondary N) is 2. The number of imidazole rings is 1. The molecule has 4 rings (SSSR count). The van der Waals surface area contributed by atoms with E-state index in [0.717, 1.165) is 22.5 Å². The zero-order chi connectivity index (χ0) is 20.9. The van der Waals surface area contributed by atoms with Gasteiger partial charge in [0.2, 0.25) is 5.91 Å². The first-order valence-corrected chi connectivity index (χ1v) is 10.7. The predicted molar refractivity (Wildman–Crippen MR) is 123 cm³/mol. The molecule has 7 heteroatoms. The summed E-state index contributed by atoms with van der Waals surface area (Å²) in [6, 6.07) is 23.4. The van der Waals surface area contributed by atoms with Crippen LogP contribution in [-0.2, 0) is 4.79 Å². The van der Waals surface area contributed by atoms with E-state index in [2.05, 4.69) is 15.3 Å². The van der Waals surface area contributed by atoms with Crippen molar-refractivity contribution in [3.8, 4) is 22.5 Å². The molecular formula is C23H19ClN4OS. The monoisotopic (exact) mass is 434 g/mol. The molecule has 0 bridgehead atoms. The largest absolute Gasteiger partial charge is 0.332 e. The summed E-state index contributed by atoms with van der Waals surface area (Å²) in [6.45, 7) is 1.84. The van der Waals surface area contributed by atoms with Crippen LogP contribution in [0.3, 0.4) is 0 Å². The Balaban J connectivity index is 1.57. The number of aromatic amines is 1. The van der Waals surface area contributed by atoms with Crippen LogP contribution in [0.2, 0.25) is 5.02 Å². The van der Waals surface area contributed by atoms with E-state index in [9.17, 15) is 4.79 Å². The lowest BCUT2D eigenvalue weighted by Crippen LogP contribution is -2.23. The molecule has 2 heterocycles. The van der Waals surface area contributed by atoms with Crippen molar-refractivity contribution in [1.82, 2.24) is 15.0 Å². The summed E-state index contributed by atoms with van der Waals surface area (Å²) in [5, 5.41) is 3.63. The highest BCUT2D eigenvalue weighted by atomic mass is 35.5. The van der Waals surface area contributed by atoms with Gasteiger partial charge in [-0.2, -0.15) is 0 Å². The summed E-state index contributed by atoms with van der Waals surface area (Å²) in [5.41, 5.74) is 3.84. The van der Waals surface area contributed by atoms with E-state index in [-0.39, 0.29) is 11.2 Å². The van der Waals surface area contributed by atoms with Crippen molar-refractivity contribution in [1.29, 1.82) is 0 Å². The van der Waals surface area contributed by atoms with Gasteiger partial charge in [0.15, 0.2) is 5.16 Å². The van der Waals surface area contributed by atoms with Crippen molar-refractivity contribution in [2.75, 3.05) is 5.32 Å². The highest BCUT2D eigenvalue weighted by molar-refractivity contribution is 8.00. The number of benzene rings is 2. The van der Waals surface area contributed by atoms with Gasteiger partial charge >= 0.3 is 0 Å². The maximum Gasteiger partial charge on any atom is 0.238 e. The third-order valence-corrected chi connectivity index (χ3v) is 5.64. The van der Waals surface area contributed by atoms with E-state index in [4.69, 9.17) is 16.6 Å². The van der Waals surface area contributed by atoms with Gasteiger partial charge in [-0.1, -0.05) is 84.0 Å². The first-order chi connectivity index (χ1) is 14.6. The molecule has 4 aromatic rings. The van der Waals surface area contributed by atoms with Gasteiger partial charge in [0.05, 0.1) is 21.7 Å². The lowest BCUT2D eigenvalue weighted by atomic mass is 10.1. The number of anilines is 1. The number of aromatic nitrogens is 3. The Kier molecular flexibility index (Phi) is 6.16. The molecule has 2 aromatic carbocycles. The lowest BCUT2D eigenvalue weighted by molar-refractivity contribution is -0.115. The molecule has 1 amide bonds. The van der Waals surface area contributed by atoms with E-state index in [0.29, 0.717) is 16.0 Å². The molecule has 0 radical (unpaired) electrons. The number of thioether (sulfide) groups is 1. The number of nitrogens with zero attached hydrogens (tertiary/aromatic N) is 2. The van der Waals surface area contributed by atoms with Gasteiger partial charge in [-0.05, 0) is 19.1 Å². The number of halogens is 1. The molecule has 0 saturated carbocycles. The summed E-state index contributed by atoms with van der Waals surface area (Å²) >= 11 is 7.21. The van der Waals surface area contributed by atoms with Gasteiger partial charge in [0.25, 0.3) is 0 Å². The standard InChI is InChI=1S/C23H19ClN4OS/c1-15(22(29)26-19-13-12-18(24)14-25-19)30-23-27-20(16-8-4-2-5-9-16)21(28-23)17-10-6-3-7-11-17/h2-15H,1H3,(H,27,28)(H,25,26,29). The summed E-state index contributed by atoms with van der Waals surface area (Å²) in [4.78, 5) is 24.9. The van der Waals surface area contributed by atoms with Crippen LogP contribution in [0.25, 0.3) is 22.5 Å². The average molecular weight is 435 g/mol. The van der Waals surface area contributed by atoms with E-state index in [1.165, 1.54) is 18.0 Å². The van der Waals surface area contributed by atoms with Gasteiger partial charge in [0.1, 0.15) is 5.82 Å². The van der Waals surface area contributed by atoms with Gasteiger partial charge in [-0.25, -0.2) is 9.97 Å². The molecule has 2 aromatic heterocycles. The predicted octanol–water partition coefficient (Wildman–Crippen LogP) is 5.91. The zero-order valence-electron chi connectivity index (χ0n) is 16.2. The number of pyridine rings is 1. The summed E-state index contributed by atoms with van der Waals surface area (Å²) in [7, 11) is 0. The molecule has 1 atom stereocenters. The molecule has 30 heavy (non-hydrogen) atoms. The van der Waals surface area contributed by atoms with E-state index < -0.39 is 0 Å². The van der Waals surface area contributed by atoms with Crippen molar-refractivity contribution >= 4 is 35.1 Å². The Labute approximate surface area is 183 Å². The summed E-state index contributed by atoms with van der Waals surface area (Å²) in [6.07, 6.45) is 1.50. The second-order valence-corrected chi connectivity index (χ2v) is 8.37. The van der Waals surface area contributed by atoms with Gasteiger partial charge in [-0.3, -0.25) is 4.79 Å². The Morgan fingerprint density at radius 1 is 1.00 bits per heavy atom. The normalized spacial score (nSPS) is 11.8. The van der Waals surface area contributed by atoms with Crippen molar-refractivity contribution in [2.45, 2.75) is 17.3 Å². The average Bonchev–Trinajstić information content (AvgIpc) is 3.20. The smallest absolute Gasteiger partial charge is 0.238 e. The molecule has 0 aliphatic rings. The van der Waals surface area contributed by atoms with Gasteiger partial charge in [0, 0.05) is 17.3 Å². The van der Waals surface area contributed by atoms with Crippen molar-refractivity contribution in [3.63, 3.8) is 0 Å². The highest BCUT2D eigenvalue weighted by Gasteiger charge is 2.20. The Hall–Kier alpha value is -3.09. The molecule has 0 spiro atoms. The number of carbonyl (C=O) groups is 1. The fourth-order valence-electron chi connectivity index (χ4n) is 2.92. The van der Waals surface area contributed by atoms with Crippen molar-refractivity contribution in [3.05, 3.63) is 84.0 Å². The van der Waals surface area contributed by atoms with Crippen LogP contribution in [0.4, 0.5) is 5.82 Å². The van der Waals surface area contributed by atoms with Crippen LogP contribution in [0.15, 0.2) is 84.1 Å². The van der Waals surface area contributed by atoms with Crippen LogP contribution in [0, 0.1) is 0 Å². The first-order valence-electron chi connectivity index (χ1n) is 9.40. The van der Waals surface area contributed by atoms with E-state index in [1.54, 1.807) is 12.1 Å². The first kappa shape index (κ1) is 20.2. The highest BCUT2D eigenvalue weighted by Crippen LogP contribution is 2.33. The molecule has 5 nitrogen and oxygen atoms in total. The minimum Gasteiger partial charge on any atom is -0.332 e. The number of hydrogen-bond acceptors (Lipinski definition) is 4. The second-order valence-electron chi connectivity index (χ2n) is 6.61. The summed E-state index contributed by atoms with van der Waals surface area (Å²) < 4.78 is 0.